The van der Waals surface area contributed by atoms with Crippen LogP contribution in [0.15, 0.2) is 42.5 Å². The van der Waals surface area contributed by atoms with Gasteiger partial charge in [-0.1, -0.05) is 18.2 Å². The number of amides is 1. The van der Waals surface area contributed by atoms with Crippen molar-refractivity contribution >= 4 is 17.4 Å². The monoisotopic (exact) mass is 311 g/mol. The predicted octanol–water partition coefficient (Wildman–Crippen LogP) is 2.94. The largest absolute Gasteiger partial charge is 0.496 e. The number of para-hydroxylation sites is 1. The number of methoxy groups -OCH3 is 2. The van der Waals surface area contributed by atoms with Crippen LogP contribution in [0.4, 0.5) is 5.69 Å². The van der Waals surface area contributed by atoms with Gasteiger partial charge in [-0.3, -0.25) is 9.59 Å². The Morgan fingerprint density at radius 3 is 2.30 bits per heavy atom. The van der Waals surface area contributed by atoms with Gasteiger partial charge in [0.2, 0.25) is 0 Å². The predicted molar refractivity (Wildman–Crippen MR) is 86.6 cm³/mol. The van der Waals surface area contributed by atoms with Gasteiger partial charge in [-0.2, -0.15) is 0 Å². The summed E-state index contributed by atoms with van der Waals surface area (Å²) in [6.07, 6.45) is 0.306. The van der Waals surface area contributed by atoms with Crippen molar-refractivity contribution in [2.24, 2.45) is 0 Å². The van der Waals surface area contributed by atoms with Crippen molar-refractivity contribution in [1.82, 2.24) is 0 Å². The number of carbonyl (C=O) groups excluding carboxylic acids is 2. The number of hydrogen-bond donors (Lipinski definition) is 0. The zero-order chi connectivity index (χ0) is 16.4. The SMILES string of the molecule is COc1cccc(OC)c1C(=O)N1CCC(=O)c2ccccc21. The van der Waals surface area contributed by atoms with E-state index < -0.39 is 0 Å². The van der Waals surface area contributed by atoms with E-state index in [1.54, 1.807) is 41.3 Å². The first kappa shape index (κ1) is 15.1. The molecule has 1 aliphatic heterocycles. The van der Waals surface area contributed by atoms with Gasteiger partial charge in [0.1, 0.15) is 17.1 Å². The number of carbonyl (C=O) groups is 2. The molecule has 1 aliphatic rings. The lowest BCUT2D eigenvalue weighted by molar-refractivity contribution is 0.0952. The molecule has 118 valence electrons. The average Bonchev–Trinajstić information content (AvgIpc) is 2.61. The van der Waals surface area contributed by atoms with Crippen molar-refractivity contribution in [1.29, 1.82) is 0 Å². The number of nitrogens with zero attached hydrogens (tertiary/aromatic N) is 1. The Labute approximate surface area is 134 Å². The van der Waals surface area contributed by atoms with E-state index in [0.717, 1.165) is 0 Å². The number of hydrogen-bond acceptors (Lipinski definition) is 4. The summed E-state index contributed by atoms with van der Waals surface area (Å²) in [6.45, 7) is 0.343. The summed E-state index contributed by atoms with van der Waals surface area (Å²) in [6, 6.07) is 12.4. The second-order valence-electron chi connectivity index (χ2n) is 5.18. The molecule has 0 aliphatic carbocycles. The molecule has 0 saturated heterocycles. The zero-order valence-electron chi connectivity index (χ0n) is 13.0. The number of Topliss-reactive ketones (excluding diaryl/α,β-unsaturated/α-hetero) is 1. The highest BCUT2D eigenvalue weighted by Crippen LogP contribution is 2.34. The number of fused-ring (bicyclic) bond motifs is 1. The normalized spacial score (nSPS) is 13.5. The zero-order valence-corrected chi connectivity index (χ0v) is 13.0. The second-order valence-corrected chi connectivity index (χ2v) is 5.18. The van der Waals surface area contributed by atoms with Crippen LogP contribution in [-0.2, 0) is 0 Å². The van der Waals surface area contributed by atoms with Gasteiger partial charge in [0.15, 0.2) is 5.78 Å². The minimum atomic E-state index is -0.237. The quantitative estimate of drug-likeness (QED) is 0.874. The topological polar surface area (TPSA) is 55.8 Å². The molecule has 0 radical (unpaired) electrons. The van der Waals surface area contributed by atoms with Gasteiger partial charge in [-0.25, -0.2) is 0 Å². The van der Waals surface area contributed by atoms with Crippen molar-refractivity contribution in [2.75, 3.05) is 25.7 Å². The maximum Gasteiger partial charge on any atom is 0.265 e. The van der Waals surface area contributed by atoms with E-state index in [2.05, 4.69) is 0 Å². The molecule has 2 aromatic rings. The van der Waals surface area contributed by atoms with Gasteiger partial charge in [-0.15, -0.1) is 0 Å². The summed E-state index contributed by atoms with van der Waals surface area (Å²) in [5.41, 5.74) is 1.56. The van der Waals surface area contributed by atoms with Crippen LogP contribution in [0.3, 0.4) is 0 Å². The molecular weight excluding hydrogens is 294 g/mol. The fourth-order valence-corrected chi connectivity index (χ4v) is 2.82. The molecule has 5 heteroatoms. The summed E-state index contributed by atoms with van der Waals surface area (Å²) < 4.78 is 10.6. The Bertz CT molecular complexity index is 747. The molecule has 2 aromatic carbocycles. The third-order valence-corrected chi connectivity index (χ3v) is 3.94. The van der Waals surface area contributed by atoms with Crippen LogP contribution in [-0.4, -0.2) is 32.5 Å². The number of benzene rings is 2. The third-order valence-electron chi connectivity index (χ3n) is 3.94. The summed E-state index contributed by atoms with van der Waals surface area (Å²) >= 11 is 0. The molecule has 0 saturated carbocycles. The Balaban J connectivity index is 2.09. The van der Waals surface area contributed by atoms with Gasteiger partial charge >= 0.3 is 0 Å². The van der Waals surface area contributed by atoms with Gasteiger partial charge in [0.25, 0.3) is 5.91 Å². The first-order valence-corrected chi connectivity index (χ1v) is 7.32. The average molecular weight is 311 g/mol. The molecule has 0 N–H and O–H groups in total. The highest BCUT2D eigenvalue weighted by Gasteiger charge is 2.30. The van der Waals surface area contributed by atoms with E-state index >= 15 is 0 Å². The molecule has 0 atom stereocenters. The highest BCUT2D eigenvalue weighted by atomic mass is 16.5. The van der Waals surface area contributed by atoms with Crippen molar-refractivity contribution in [3.8, 4) is 11.5 Å². The molecule has 0 bridgehead atoms. The first-order chi connectivity index (χ1) is 11.2. The minimum Gasteiger partial charge on any atom is -0.496 e. The van der Waals surface area contributed by atoms with Crippen LogP contribution >= 0.6 is 0 Å². The Morgan fingerprint density at radius 2 is 1.65 bits per heavy atom. The van der Waals surface area contributed by atoms with Crippen LogP contribution in [0, 0.1) is 0 Å². The Hall–Kier alpha value is -2.82. The number of ketones is 1. The molecule has 0 spiro atoms. The Kier molecular flexibility index (Phi) is 4.02. The molecule has 1 heterocycles. The van der Waals surface area contributed by atoms with Crippen LogP contribution in [0.5, 0.6) is 11.5 Å². The van der Waals surface area contributed by atoms with E-state index in [9.17, 15) is 9.59 Å². The lowest BCUT2D eigenvalue weighted by atomic mass is 9.99. The van der Waals surface area contributed by atoms with Gasteiger partial charge < -0.3 is 14.4 Å². The van der Waals surface area contributed by atoms with Crippen molar-refractivity contribution < 1.29 is 19.1 Å². The summed E-state index contributed by atoms with van der Waals surface area (Å²) in [4.78, 5) is 26.7. The van der Waals surface area contributed by atoms with E-state index in [0.29, 0.717) is 41.3 Å². The fraction of sp³-hybridized carbons (Fsp3) is 0.222. The van der Waals surface area contributed by atoms with E-state index in [1.807, 2.05) is 6.07 Å². The molecule has 0 aromatic heterocycles. The second kappa shape index (κ2) is 6.12. The minimum absolute atomic E-state index is 0.0524. The van der Waals surface area contributed by atoms with E-state index in [1.165, 1.54) is 14.2 Å². The number of ether oxygens (including phenoxy) is 2. The van der Waals surface area contributed by atoms with Gasteiger partial charge in [-0.05, 0) is 24.3 Å². The summed E-state index contributed by atoms with van der Waals surface area (Å²) in [7, 11) is 3.03. The molecule has 0 fully saturated rings. The molecule has 0 unspecified atom stereocenters. The van der Waals surface area contributed by atoms with E-state index in [4.69, 9.17) is 9.47 Å². The van der Waals surface area contributed by atoms with Crippen LogP contribution in [0.25, 0.3) is 0 Å². The Morgan fingerprint density at radius 1 is 1.00 bits per heavy atom. The van der Waals surface area contributed by atoms with E-state index in [-0.39, 0.29) is 11.7 Å². The maximum atomic E-state index is 13.1. The molecule has 3 rings (SSSR count). The molecule has 5 nitrogen and oxygen atoms in total. The first-order valence-electron chi connectivity index (χ1n) is 7.32. The van der Waals surface area contributed by atoms with Gasteiger partial charge in [0.05, 0.1) is 19.9 Å². The standard InChI is InChI=1S/C18H17NO4/c1-22-15-8-5-9-16(23-2)17(15)18(21)19-11-10-14(20)12-6-3-4-7-13(12)19/h3-9H,10-11H2,1-2H3. The maximum absolute atomic E-state index is 13.1. The van der Waals surface area contributed by atoms with Crippen molar-refractivity contribution in [3.63, 3.8) is 0 Å². The fourth-order valence-electron chi connectivity index (χ4n) is 2.82. The molecule has 23 heavy (non-hydrogen) atoms. The lowest BCUT2D eigenvalue weighted by Gasteiger charge is -2.29. The van der Waals surface area contributed by atoms with Crippen LogP contribution in [0.2, 0.25) is 0 Å². The third kappa shape index (κ3) is 2.54. The van der Waals surface area contributed by atoms with Crippen LogP contribution in [0.1, 0.15) is 27.1 Å². The highest BCUT2D eigenvalue weighted by molar-refractivity contribution is 6.15. The lowest BCUT2D eigenvalue weighted by Crippen LogP contribution is -2.37. The van der Waals surface area contributed by atoms with Gasteiger partial charge in [0, 0.05) is 18.5 Å². The molecular formula is C18H17NO4. The van der Waals surface area contributed by atoms with Crippen molar-refractivity contribution in [2.45, 2.75) is 6.42 Å². The number of rotatable bonds is 3. The van der Waals surface area contributed by atoms with Crippen molar-refractivity contribution in [3.05, 3.63) is 53.6 Å². The van der Waals surface area contributed by atoms with Crippen LogP contribution < -0.4 is 14.4 Å². The molecule has 1 amide bonds. The number of anilines is 1. The summed E-state index contributed by atoms with van der Waals surface area (Å²) in [5.74, 6) is 0.711. The summed E-state index contributed by atoms with van der Waals surface area (Å²) in [5, 5.41) is 0. The smallest absolute Gasteiger partial charge is 0.265 e.